The molecular weight excluding hydrogens is 296 g/mol. The fourth-order valence-electron chi connectivity index (χ4n) is 1.67. The number of amides is 2. The average molecular weight is 320 g/mol. The highest BCUT2D eigenvalue weighted by molar-refractivity contribution is 5.92. The van der Waals surface area contributed by atoms with E-state index in [-0.39, 0.29) is 0 Å². The van der Waals surface area contributed by atoms with E-state index in [1.165, 1.54) is 6.20 Å². The van der Waals surface area contributed by atoms with Crippen molar-refractivity contribution in [3.8, 4) is 0 Å². The largest absolute Gasteiger partial charge is 0.444 e. The van der Waals surface area contributed by atoms with E-state index < -0.39 is 17.6 Å². The summed E-state index contributed by atoms with van der Waals surface area (Å²) in [6.07, 6.45) is 4.66. The van der Waals surface area contributed by atoms with Crippen molar-refractivity contribution >= 4 is 17.8 Å². The fourth-order valence-corrected chi connectivity index (χ4v) is 1.67. The van der Waals surface area contributed by atoms with E-state index in [0.717, 1.165) is 5.56 Å². The molecule has 0 spiro atoms. The number of primary amides is 1. The number of hydrogen-bond donors (Lipinski definition) is 3. The molecule has 1 heterocycles. The average Bonchev–Trinajstić information content (AvgIpc) is 2.41. The van der Waals surface area contributed by atoms with Crippen molar-refractivity contribution in [3.63, 3.8) is 0 Å². The Balaban J connectivity index is 2.34. The van der Waals surface area contributed by atoms with Crippen LogP contribution in [0.15, 0.2) is 24.4 Å². The molecular formula is C16H24N4O3. The van der Waals surface area contributed by atoms with Crippen LogP contribution in [0.3, 0.4) is 0 Å². The van der Waals surface area contributed by atoms with Crippen molar-refractivity contribution < 1.29 is 14.3 Å². The molecule has 7 heteroatoms. The molecule has 0 unspecified atom stereocenters. The highest BCUT2D eigenvalue weighted by Crippen LogP contribution is 2.12. The Morgan fingerprint density at radius 3 is 2.52 bits per heavy atom. The van der Waals surface area contributed by atoms with Gasteiger partial charge in [-0.05, 0) is 39.3 Å². The van der Waals surface area contributed by atoms with E-state index in [4.69, 9.17) is 10.5 Å². The molecule has 0 aliphatic rings. The number of nitrogens with two attached hydrogens (primary N) is 1. The zero-order valence-electron chi connectivity index (χ0n) is 14.0. The van der Waals surface area contributed by atoms with Gasteiger partial charge in [0.2, 0.25) is 5.91 Å². The molecule has 1 aromatic heterocycles. The van der Waals surface area contributed by atoms with E-state index in [1.54, 1.807) is 6.07 Å². The van der Waals surface area contributed by atoms with Gasteiger partial charge in [0, 0.05) is 19.3 Å². The van der Waals surface area contributed by atoms with Gasteiger partial charge in [0.25, 0.3) is 0 Å². The van der Waals surface area contributed by atoms with Gasteiger partial charge in [-0.1, -0.05) is 12.2 Å². The molecule has 23 heavy (non-hydrogen) atoms. The monoisotopic (exact) mass is 320 g/mol. The summed E-state index contributed by atoms with van der Waals surface area (Å²) in [6, 6.07) is 1.69. The fraction of sp³-hybridized carbons (Fsp3) is 0.438. The first kappa shape index (κ1) is 18.5. The SMILES string of the molecule is Cc1cc(C(N)=O)cnc1NC/C=C/CNC(=O)OC(C)(C)C. The second-order valence-corrected chi connectivity index (χ2v) is 5.99. The van der Waals surface area contributed by atoms with E-state index in [0.29, 0.717) is 24.5 Å². The Labute approximate surface area is 136 Å². The number of pyridine rings is 1. The molecule has 1 aromatic rings. The van der Waals surface area contributed by atoms with Crippen molar-refractivity contribution in [1.29, 1.82) is 0 Å². The number of carbonyl (C=O) groups excluding carboxylic acids is 2. The molecule has 0 atom stereocenters. The van der Waals surface area contributed by atoms with Crippen LogP contribution in [0.25, 0.3) is 0 Å². The molecule has 0 bridgehead atoms. The number of hydrogen-bond acceptors (Lipinski definition) is 5. The van der Waals surface area contributed by atoms with Crippen molar-refractivity contribution in [3.05, 3.63) is 35.5 Å². The molecule has 0 fully saturated rings. The summed E-state index contributed by atoms with van der Waals surface area (Å²) in [4.78, 5) is 26.6. The topological polar surface area (TPSA) is 106 Å². The predicted octanol–water partition coefficient (Wildman–Crippen LogP) is 1.98. The van der Waals surface area contributed by atoms with Gasteiger partial charge in [0.05, 0.1) is 5.56 Å². The zero-order chi connectivity index (χ0) is 17.5. The molecule has 0 radical (unpaired) electrons. The van der Waals surface area contributed by atoms with Gasteiger partial charge in [0.1, 0.15) is 11.4 Å². The van der Waals surface area contributed by atoms with Crippen LogP contribution in [0.5, 0.6) is 0 Å². The molecule has 7 nitrogen and oxygen atoms in total. The summed E-state index contributed by atoms with van der Waals surface area (Å²) in [7, 11) is 0. The Morgan fingerprint density at radius 1 is 1.30 bits per heavy atom. The van der Waals surface area contributed by atoms with Crippen LogP contribution in [-0.4, -0.2) is 35.7 Å². The molecule has 0 saturated heterocycles. The zero-order valence-corrected chi connectivity index (χ0v) is 14.0. The van der Waals surface area contributed by atoms with Crippen LogP contribution in [0, 0.1) is 6.92 Å². The minimum atomic E-state index is -0.504. The van der Waals surface area contributed by atoms with Gasteiger partial charge in [0.15, 0.2) is 0 Å². The third-order valence-corrected chi connectivity index (χ3v) is 2.68. The Hall–Kier alpha value is -2.57. The number of ether oxygens (including phenoxy) is 1. The summed E-state index contributed by atoms with van der Waals surface area (Å²) in [6.45, 7) is 8.19. The third-order valence-electron chi connectivity index (χ3n) is 2.68. The normalized spacial score (nSPS) is 11.3. The third kappa shape index (κ3) is 7.30. The Bertz CT molecular complexity index is 591. The second kappa shape index (κ2) is 8.17. The minimum absolute atomic E-state index is 0.379. The first-order chi connectivity index (χ1) is 10.7. The quantitative estimate of drug-likeness (QED) is 0.695. The summed E-state index contributed by atoms with van der Waals surface area (Å²) in [5.74, 6) is 0.181. The summed E-state index contributed by atoms with van der Waals surface area (Å²) < 4.78 is 5.11. The van der Waals surface area contributed by atoms with Crippen LogP contribution >= 0.6 is 0 Å². The number of aromatic nitrogens is 1. The summed E-state index contributed by atoms with van der Waals surface area (Å²) in [5, 5.41) is 5.74. The number of alkyl carbamates (subject to hydrolysis) is 1. The Morgan fingerprint density at radius 2 is 1.96 bits per heavy atom. The highest BCUT2D eigenvalue weighted by atomic mass is 16.6. The highest BCUT2D eigenvalue weighted by Gasteiger charge is 2.14. The van der Waals surface area contributed by atoms with Crippen LogP contribution in [-0.2, 0) is 4.74 Å². The van der Waals surface area contributed by atoms with Gasteiger partial charge in [-0.25, -0.2) is 9.78 Å². The standard InChI is InChI=1S/C16H24N4O3/c1-11-9-12(13(17)21)10-20-14(11)18-7-5-6-8-19-15(22)23-16(2,3)4/h5-6,9-10H,7-8H2,1-4H3,(H2,17,21)(H,18,20)(H,19,22)/b6-5+. The lowest BCUT2D eigenvalue weighted by Gasteiger charge is -2.19. The smallest absolute Gasteiger partial charge is 0.407 e. The van der Waals surface area contributed by atoms with Crippen LogP contribution in [0.1, 0.15) is 36.7 Å². The van der Waals surface area contributed by atoms with E-state index in [1.807, 2.05) is 39.8 Å². The van der Waals surface area contributed by atoms with Crippen molar-refractivity contribution in [2.75, 3.05) is 18.4 Å². The lowest BCUT2D eigenvalue weighted by Crippen LogP contribution is -2.32. The number of nitrogens with zero attached hydrogens (tertiary/aromatic N) is 1. The lowest BCUT2D eigenvalue weighted by atomic mass is 10.2. The van der Waals surface area contributed by atoms with Crippen molar-refractivity contribution in [2.24, 2.45) is 5.73 Å². The maximum atomic E-state index is 11.4. The van der Waals surface area contributed by atoms with Gasteiger partial charge >= 0.3 is 6.09 Å². The molecule has 0 aliphatic carbocycles. The molecule has 2 amide bonds. The molecule has 126 valence electrons. The van der Waals surface area contributed by atoms with Crippen LogP contribution in [0.4, 0.5) is 10.6 Å². The number of anilines is 1. The van der Waals surface area contributed by atoms with Gasteiger partial charge in [-0.2, -0.15) is 0 Å². The van der Waals surface area contributed by atoms with Gasteiger partial charge in [-0.3, -0.25) is 4.79 Å². The molecule has 0 aromatic carbocycles. The second-order valence-electron chi connectivity index (χ2n) is 5.99. The van der Waals surface area contributed by atoms with Crippen molar-refractivity contribution in [2.45, 2.75) is 33.3 Å². The molecule has 0 aliphatic heterocycles. The lowest BCUT2D eigenvalue weighted by molar-refractivity contribution is 0.0534. The van der Waals surface area contributed by atoms with E-state index in [2.05, 4.69) is 15.6 Å². The van der Waals surface area contributed by atoms with E-state index >= 15 is 0 Å². The summed E-state index contributed by atoms with van der Waals surface area (Å²) in [5.41, 5.74) is 5.91. The predicted molar refractivity (Wildman–Crippen MR) is 89.4 cm³/mol. The first-order valence-corrected chi connectivity index (χ1v) is 7.31. The summed E-state index contributed by atoms with van der Waals surface area (Å²) >= 11 is 0. The Kier molecular flexibility index (Phi) is 6.56. The number of nitrogens with one attached hydrogen (secondary N) is 2. The van der Waals surface area contributed by atoms with Crippen LogP contribution < -0.4 is 16.4 Å². The maximum Gasteiger partial charge on any atom is 0.407 e. The van der Waals surface area contributed by atoms with E-state index in [9.17, 15) is 9.59 Å². The number of carbonyl (C=O) groups is 2. The van der Waals surface area contributed by atoms with Crippen molar-refractivity contribution in [1.82, 2.24) is 10.3 Å². The van der Waals surface area contributed by atoms with Gasteiger partial charge < -0.3 is 21.1 Å². The molecule has 1 rings (SSSR count). The van der Waals surface area contributed by atoms with Crippen LogP contribution in [0.2, 0.25) is 0 Å². The molecule has 4 N–H and O–H groups in total. The minimum Gasteiger partial charge on any atom is -0.444 e. The molecule has 0 saturated carbocycles. The number of aryl methyl sites for hydroxylation is 1. The first-order valence-electron chi connectivity index (χ1n) is 7.31. The maximum absolute atomic E-state index is 11.4. The van der Waals surface area contributed by atoms with Gasteiger partial charge in [-0.15, -0.1) is 0 Å². The number of rotatable bonds is 6.